The van der Waals surface area contributed by atoms with Gasteiger partial charge in [-0.05, 0) is 18.0 Å². The van der Waals surface area contributed by atoms with Crippen LogP contribution in [0, 0.1) is 5.92 Å². The second-order valence-corrected chi connectivity index (χ2v) is 6.03. The summed E-state index contributed by atoms with van der Waals surface area (Å²) in [6.07, 6.45) is 0. The Kier molecular flexibility index (Phi) is 3.17. The molecule has 17 heavy (non-hydrogen) atoms. The highest BCUT2D eigenvalue weighted by molar-refractivity contribution is 5.48. The van der Waals surface area contributed by atoms with Crippen molar-refractivity contribution >= 4 is 0 Å². The minimum atomic E-state index is 0.129. The van der Waals surface area contributed by atoms with Crippen molar-refractivity contribution in [3.63, 3.8) is 0 Å². The molecule has 0 saturated carbocycles. The molecule has 1 N–H and O–H groups in total. The van der Waals surface area contributed by atoms with Crippen molar-refractivity contribution in [1.29, 1.82) is 0 Å². The van der Waals surface area contributed by atoms with E-state index < -0.39 is 0 Å². The highest BCUT2D eigenvalue weighted by Gasteiger charge is 2.30. The first-order chi connectivity index (χ1) is 7.95. The predicted octanol–water partition coefficient (Wildman–Crippen LogP) is 3.27. The van der Waals surface area contributed by atoms with E-state index in [-0.39, 0.29) is 5.41 Å². The summed E-state index contributed by atoms with van der Waals surface area (Å²) in [5, 5.41) is 3.41. The van der Waals surface area contributed by atoms with Crippen molar-refractivity contribution < 1.29 is 4.74 Å². The van der Waals surface area contributed by atoms with Gasteiger partial charge in [-0.15, -0.1) is 0 Å². The van der Waals surface area contributed by atoms with E-state index >= 15 is 0 Å². The van der Waals surface area contributed by atoms with Gasteiger partial charge >= 0.3 is 0 Å². The summed E-state index contributed by atoms with van der Waals surface area (Å²) >= 11 is 0. The van der Waals surface area contributed by atoms with Gasteiger partial charge in [0.2, 0.25) is 0 Å². The van der Waals surface area contributed by atoms with Crippen LogP contribution in [0.1, 0.15) is 44.9 Å². The minimum absolute atomic E-state index is 0.129. The first-order valence-electron chi connectivity index (χ1n) is 6.38. The predicted molar refractivity (Wildman–Crippen MR) is 71.6 cm³/mol. The van der Waals surface area contributed by atoms with E-state index in [1.54, 1.807) is 0 Å². The van der Waals surface area contributed by atoms with Crippen molar-refractivity contribution in [1.82, 2.24) is 5.32 Å². The van der Waals surface area contributed by atoms with Gasteiger partial charge < -0.3 is 10.1 Å². The number of hydrogen-bond acceptors (Lipinski definition) is 2. The molecule has 0 bridgehead atoms. The number of para-hydroxylation sites is 1. The van der Waals surface area contributed by atoms with Crippen molar-refractivity contribution in [2.24, 2.45) is 5.92 Å². The summed E-state index contributed by atoms with van der Waals surface area (Å²) in [6.45, 7) is 9.73. The molecule has 94 valence electrons. The zero-order chi connectivity index (χ0) is 12.6. The molecule has 0 spiro atoms. The van der Waals surface area contributed by atoms with Crippen molar-refractivity contribution in [3.05, 3.63) is 29.3 Å². The summed E-state index contributed by atoms with van der Waals surface area (Å²) in [5.41, 5.74) is 2.74. The maximum atomic E-state index is 5.99. The van der Waals surface area contributed by atoms with Crippen molar-refractivity contribution in [3.8, 4) is 5.75 Å². The van der Waals surface area contributed by atoms with Gasteiger partial charge in [0.25, 0.3) is 0 Å². The molecule has 0 aliphatic carbocycles. The van der Waals surface area contributed by atoms with Crippen LogP contribution in [0.3, 0.4) is 0 Å². The Morgan fingerprint density at radius 2 is 2.00 bits per heavy atom. The summed E-state index contributed by atoms with van der Waals surface area (Å²) < 4.78 is 5.99. The third-order valence-corrected chi connectivity index (χ3v) is 3.56. The van der Waals surface area contributed by atoms with E-state index in [1.165, 1.54) is 11.1 Å². The standard InChI is InChI=1S/C15H23NO/c1-10-9-17-14-11(13(10)16-5)7-6-8-12(14)15(2,3)4/h6-8,10,13,16H,9H2,1-5H3. The van der Waals surface area contributed by atoms with E-state index in [0.29, 0.717) is 12.0 Å². The van der Waals surface area contributed by atoms with Crippen LogP contribution in [0.4, 0.5) is 0 Å². The van der Waals surface area contributed by atoms with Gasteiger partial charge in [-0.2, -0.15) is 0 Å². The van der Waals surface area contributed by atoms with Gasteiger partial charge in [0.05, 0.1) is 6.61 Å². The highest BCUT2D eigenvalue weighted by atomic mass is 16.5. The van der Waals surface area contributed by atoms with E-state index in [4.69, 9.17) is 4.74 Å². The normalized spacial score (nSPS) is 24.1. The van der Waals surface area contributed by atoms with Gasteiger partial charge in [-0.1, -0.05) is 45.9 Å². The molecule has 2 unspecified atom stereocenters. The lowest BCUT2D eigenvalue weighted by atomic mass is 9.82. The zero-order valence-electron chi connectivity index (χ0n) is 11.5. The SMILES string of the molecule is CNC1c2cccc(C(C)(C)C)c2OCC1C. The smallest absolute Gasteiger partial charge is 0.127 e. The van der Waals surface area contributed by atoms with Crippen LogP contribution < -0.4 is 10.1 Å². The molecule has 0 fully saturated rings. The van der Waals surface area contributed by atoms with Crippen molar-refractivity contribution in [2.45, 2.75) is 39.2 Å². The van der Waals surface area contributed by atoms with Crippen LogP contribution >= 0.6 is 0 Å². The zero-order valence-corrected chi connectivity index (χ0v) is 11.5. The van der Waals surface area contributed by atoms with Crippen LogP contribution in [0.15, 0.2) is 18.2 Å². The number of benzene rings is 1. The lowest BCUT2D eigenvalue weighted by Crippen LogP contribution is -2.33. The third kappa shape index (κ3) is 2.19. The second kappa shape index (κ2) is 4.34. The molecule has 0 radical (unpaired) electrons. The van der Waals surface area contributed by atoms with Gasteiger partial charge in [-0.3, -0.25) is 0 Å². The van der Waals surface area contributed by atoms with E-state index in [9.17, 15) is 0 Å². The Morgan fingerprint density at radius 3 is 2.59 bits per heavy atom. The van der Waals surface area contributed by atoms with E-state index in [1.807, 2.05) is 7.05 Å². The highest BCUT2D eigenvalue weighted by Crippen LogP contribution is 2.41. The minimum Gasteiger partial charge on any atom is -0.493 e. The average Bonchev–Trinajstić information content (AvgIpc) is 2.26. The van der Waals surface area contributed by atoms with Crippen LogP contribution in [-0.4, -0.2) is 13.7 Å². The summed E-state index contributed by atoms with van der Waals surface area (Å²) in [6, 6.07) is 6.91. The average molecular weight is 233 g/mol. The van der Waals surface area contributed by atoms with E-state index in [2.05, 4.69) is 51.2 Å². The summed E-state index contributed by atoms with van der Waals surface area (Å²) in [7, 11) is 2.03. The molecule has 1 heterocycles. The lowest BCUT2D eigenvalue weighted by Gasteiger charge is -2.35. The van der Waals surface area contributed by atoms with Gasteiger partial charge in [0.15, 0.2) is 0 Å². The van der Waals surface area contributed by atoms with Crippen LogP contribution in [0.2, 0.25) is 0 Å². The molecule has 1 aromatic rings. The van der Waals surface area contributed by atoms with Crippen LogP contribution in [0.5, 0.6) is 5.75 Å². The maximum absolute atomic E-state index is 5.99. The molecule has 0 amide bonds. The fraction of sp³-hybridized carbons (Fsp3) is 0.600. The largest absolute Gasteiger partial charge is 0.493 e. The molecule has 1 aromatic carbocycles. The fourth-order valence-electron chi connectivity index (χ4n) is 2.61. The molecular weight excluding hydrogens is 210 g/mol. The van der Waals surface area contributed by atoms with Crippen LogP contribution in [0.25, 0.3) is 0 Å². The first-order valence-corrected chi connectivity index (χ1v) is 6.38. The van der Waals surface area contributed by atoms with Crippen molar-refractivity contribution in [2.75, 3.05) is 13.7 Å². The molecule has 0 aromatic heterocycles. The van der Waals surface area contributed by atoms with Gasteiger partial charge in [-0.25, -0.2) is 0 Å². The Balaban J connectivity index is 2.53. The number of hydrogen-bond donors (Lipinski definition) is 1. The fourth-order valence-corrected chi connectivity index (χ4v) is 2.61. The molecular formula is C15H23NO. The number of nitrogens with one attached hydrogen (secondary N) is 1. The van der Waals surface area contributed by atoms with Gasteiger partial charge in [0.1, 0.15) is 5.75 Å². The molecule has 1 aliphatic heterocycles. The number of fused-ring (bicyclic) bond motifs is 1. The summed E-state index contributed by atoms with van der Waals surface area (Å²) in [4.78, 5) is 0. The lowest BCUT2D eigenvalue weighted by molar-refractivity contribution is 0.189. The molecule has 2 atom stereocenters. The quantitative estimate of drug-likeness (QED) is 0.804. The monoisotopic (exact) mass is 233 g/mol. The topological polar surface area (TPSA) is 21.3 Å². The van der Waals surface area contributed by atoms with E-state index in [0.717, 1.165) is 12.4 Å². The third-order valence-electron chi connectivity index (χ3n) is 3.56. The maximum Gasteiger partial charge on any atom is 0.127 e. The Morgan fingerprint density at radius 1 is 1.29 bits per heavy atom. The number of ether oxygens (including phenoxy) is 1. The number of rotatable bonds is 1. The Bertz CT molecular complexity index is 406. The molecule has 2 rings (SSSR count). The molecule has 2 heteroatoms. The molecule has 2 nitrogen and oxygen atoms in total. The molecule has 1 aliphatic rings. The second-order valence-electron chi connectivity index (χ2n) is 6.03. The first kappa shape index (κ1) is 12.4. The Hall–Kier alpha value is -1.02. The Labute approximate surface area is 104 Å². The van der Waals surface area contributed by atoms with Gasteiger partial charge in [0, 0.05) is 17.5 Å². The van der Waals surface area contributed by atoms with Crippen LogP contribution in [-0.2, 0) is 5.41 Å². The molecule has 0 saturated heterocycles. The summed E-state index contributed by atoms with van der Waals surface area (Å²) in [5.74, 6) is 1.61.